The molecule has 4 aromatic carbocycles. The lowest BCUT2D eigenvalue weighted by Crippen LogP contribution is -2.35. The molecule has 0 saturated heterocycles. The third-order valence-corrected chi connectivity index (χ3v) is 9.59. The van der Waals surface area contributed by atoms with Gasteiger partial charge in [-0.2, -0.15) is 0 Å². The number of hydrogen-bond donors (Lipinski definition) is 1. The van der Waals surface area contributed by atoms with Crippen molar-refractivity contribution in [2.45, 2.75) is 38.1 Å². The van der Waals surface area contributed by atoms with Gasteiger partial charge in [0.1, 0.15) is 6.26 Å². The minimum atomic E-state index is -4.10. The first-order valence-corrected chi connectivity index (χ1v) is 16.7. The summed E-state index contributed by atoms with van der Waals surface area (Å²) >= 11 is 0. The third-order valence-electron chi connectivity index (χ3n) is 8.20. The monoisotopic (exact) mass is 646 g/mol. The van der Waals surface area contributed by atoms with Crippen molar-refractivity contribution in [3.05, 3.63) is 144 Å². The highest BCUT2D eigenvalue weighted by Crippen LogP contribution is 2.36. The van der Waals surface area contributed by atoms with Gasteiger partial charge in [0.15, 0.2) is 0 Å². The van der Waals surface area contributed by atoms with E-state index in [1.807, 2.05) is 85.8 Å². The summed E-state index contributed by atoms with van der Waals surface area (Å²) in [5.41, 5.74) is 5.51. The second kappa shape index (κ2) is 13.5. The average molecular weight is 647 g/mol. The molecule has 0 aliphatic carbocycles. The Balaban J connectivity index is 1.44. The largest absolute Gasteiger partial charge is 0.445 e. The number of sulfonamides is 1. The standard InChI is InChI=1S/C37H34N4O5S/c1-4-41(37(42)34(27-13-7-5-8-14-27)28-15-9-6-10-16-28)24-30-23-29(36-38-21-22-45-36)19-20-31(30)32-17-11-12-18-33(32)47(43,44)40-35-25(2)26(3)39-46-35/h5-23,34,40H,4,24H2,1-3H3. The number of aromatic nitrogens is 2. The molecule has 47 heavy (non-hydrogen) atoms. The van der Waals surface area contributed by atoms with Gasteiger partial charge in [-0.3, -0.25) is 4.79 Å². The number of hydrogen-bond acceptors (Lipinski definition) is 7. The zero-order valence-corrected chi connectivity index (χ0v) is 27.1. The van der Waals surface area contributed by atoms with E-state index >= 15 is 0 Å². The van der Waals surface area contributed by atoms with Crippen molar-refractivity contribution >= 4 is 21.8 Å². The van der Waals surface area contributed by atoms with Crippen LogP contribution in [0, 0.1) is 13.8 Å². The molecule has 6 aromatic rings. The van der Waals surface area contributed by atoms with E-state index in [-0.39, 0.29) is 23.2 Å². The molecule has 6 rings (SSSR count). The van der Waals surface area contributed by atoms with Crippen molar-refractivity contribution < 1.29 is 22.2 Å². The number of nitrogens with zero attached hydrogens (tertiary/aromatic N) is 3. The Bertz CT molecular complexity index is 2050. The first-order valence-electron chi connectivity index (χ1n) is 15.2. The fourth-order valence-electron chi connectivity index (χ4n) is 5.60. The maximum Gasteiger partial charge on any atom is 0.264 e. The van der Waals surface area contributed by atoms with Crippen molar-refractivity contribution in [2.24, 2.45) is 0 Å². The van der Waals surface area contributed by atoms with Gasteiger partial charge in [-0.15, -0.1) is 0 Å². The van der Waals surface area contributed by atoms with Gasteiger partial charge in [0.25, 0.3) is 10.0 Å². The Morgan fingerprint density at radius 1 is 0.872 bits per heavy atom. The predicted octanol–water partition coefficient (Wildman–Crippen LogP) is 7.59. The van der Waals surface area contributed by atoms with Crippen LogP contribution in [0.1, 0.15) is 40.8 Å². The van der Waals surface area contributed by atoms with Crippen LogP contribution in [0.2, 0.25) is 0 Å². The van der Waals surface area contributed by atoms with Crippen LogP contribution in [0.15, 0.2) is 129 Å². The van der Waals surface area contributed by atoms with Gasteiger partial charge in [0.05, 0.1) is 22.7 Å². The highest BCUT2D eigenvalue weighted by atomic mass is 32.2. The van der Waals surface area contributed by atoms with E-state index in [0.29, 0.717) is 40.4 Å². The van der Waals surface area contributed by atoms with Crippen molar-refractivity contribution in [1.29, 1.82) is 0 Å². The minimum absolute atomic E-state index is 0.0550. The summed E-state index contributed by atoms with van der Waals surface area (Å²) in [6.07, 6.45) is 3.06. The molecule has 2 aromatic heterocycles. The number of aryl methyl sites for hydroxylation is 1. The van der Waals surface area contributed by atoms with Crippen LogP contribution >= 0.6 is 0 Å². The Hall–Kier alpha value is -5.48. The number of carbonyl (C=O) groups excluding carboxylic acids is 1. The molecule has 0 bridgehead atoms. The molecular weight excluding hydrogens is 612 g/mol. The van der Waals surface area contributed by atoms with Crippen LogP contribution in [0.3, 0.4) is 0 Å². The molecule has 0 spiro atoms. The lowest BCUT2D eigenvalue weighted by molar-refractivity contribution is -0.132. The van der Waals surface area contributed by atoms with Crippen LogP contribution in [0.5, 0.6) is 0 Å². The number of carbonyl (C=O) groups is 1. The number of rotatable bonds is 11. The number of amides is 1. The van der Waals surface area contributed by atoms with E-state index in [9.17, 15) is 13.2 Å². The van der Waals surface area contributed by atoms with Crippen molar-refractivity contribution in [3.8, 4) is 22.6 Å². The highest BCUT2D eigenvalue weighted by molar-refractivity contribution is 7.92. The zero-order chi connectivity index (χ0) is 33.0. The number of oxazole rings is 1. The summed E-state index contributed by atoms with van der Waals surface area (Å²) in [5, 5.41) is 3.88. The van der Waals surface area contributed by atoms with E-state index in [4.69, 9.17) is 8.94 Å². The molecule has 2 heterocycles. The van der Waals surface area contributed by atoms with Gasteiger partial charge in [-0.05, 0) is 61.2 Å². The Morgan fingerprint density at radius 3 is 2.13 bits per heavy atom. The molecule has 0 aliphatic rings. The van der Waals surface area contributed by atoms with Crippen LogP contribution in [0.25, 0.3) is 22.6 Å². The van der Waals surface area contributed by atoms with E-state index < -0.39 is 15.9 Å². The fourth-order valence-corrected chi connectivity index (χ4v) is 6.87. The number of anilines is 1. The quantitative estimate of drug-likeness (QED) is 0.154. The average Bonchev–Trinajstić information content (AvgIpc) is 3.75. The molecule has 0 atom stereocenters. The number of likely N-dealkylation sites (N-methyl/N-ethyl adjacent to an activating group) is 1. The predicted molar refractivity (Wildman–Crippen MR) is 180 cm³/mol. The smallest absolute Gasteiger partial charge is 0.264 e. The molecule has 1 amide bonds. The summed E-state index contributed by atoms with van der Waals surface area (Å²) < 4.78 is 41.1. The summed E-state index contributed by atoms with van der Waals surface area (Å²) in [4.78, 5) is 20.6. The second-order valence-corrected chi connectivity index (χ2v) is 12.8. The molecular formula is C37H34N4O5S. The molecule has 1 N–H and O–H groups in total. The first-order chi connectivity index (χ1) is 22.8. The van der Waals surface area contributed by atoms with Gasteiger partial charge in [-0.1, -0.05) is 90.1 Å². The normalized spacial score (nSPS) is 11.5. The van der Waals surface area contributed by atoms with E-state index in [1.54, 1.807) is 49.2 Å². The van der Waals surface area contributed by atoms with Crippen LogP contribution in [-0.2, 0) is 21.4 Å². The SMILES string of the molecule is CCN(Cc1cc(-c2ncco2)ccc1-c1ccccc1S(=O)(=O)Nc1onc(C)c1C)C(=O)C(c1ccccc1)c1ccccc1. The summed E-state index contributed by atoms with van der Waals surface area (Å²) in [6.45, 7) is 6.05. The van der Waals surface area contributed by atoms with Gasteiger partial charge in [0.2, 0.25) is 17.7 Å². The summed E-state index contributed by atoms with van der Waals surface area (Å²) in [6, 6.07) is 31.8. The van der Waals surface area contributed by atoms with Gasteiger partial charge in [0, 0.05) is 29.8 Å². The molecule has 0 radical (unpaired) electrons. The van der Waals surface area contributed by atoms with Gasteiger partial charge >= 0.3 is 0 Å². The first kappa shape index (κ1) is 31.5. The minimum Gasteiger partial charge on any atom is -0.445 e. The molecule has 10 heteroatoms. The Morgan fingerprint density at radius 2 is 1.53 bits per heavy atom. The Kier molecular flexibility index (Phi) is 9.03. The number of nitrogens with one attached hydrogen (secondary N) is 1. The fraction of sp³-hybridized carbons (Fsp3) is 0.162. The van der Waals surface area contributed by atoms with Crippen LogP contribution < -0.4 is 4.72 Å². The number of benzene rings is 4. The molecule has 0 saturated carbocycles. The summed E-state index contributed by atoms with van der Waals surface area (Å²) in [5.74, 6) is -0.123. The molecule has 0 unspecified atom stereocenters. The van der Waals surface area contributed by atoms with Crippen molar-refractivity contribution in [1.82, 2.24) is 15.0 Å². The van der Waals surface area contributed by atoms with Crippen molar-refractivity contribution in [3.63, 3.8) is 0 Å². The molecule has 0 fully saturated rings. The van der Waals surface area contributed by atoms with E-state index in [2.05, 4.69) is 14.9 Å². The van der Waals surface area contributed by atoms with Crippen LogP contribution in [-0.4, -0.2) is 35.9 Å². The topological polar surface area (TPSA) is 119 Å². The molecule has 9 nitrogen and oxygen atoms in total. The van der Waals surface area contributed by atoms with Crippen LogP contribution in [0.4, 0.5) is 5.88 Å². The maximum atomic E-state index is 14.5. The lowest BCUT2D eigenvalue weighted by Gasteiger charge is -2.28. The van der Waals surface area contributed by atoms with Crippen molar-refractivity contribution in [2.75, 3.05) is 11.3 Å². The molecule has 0 aliphatic heterocycles. The second-order valence-electron chi connectivity index (χ2n) is 11.1. The van der Waals surface area contributed by atoms with E-state index in [0.717, 1.165) is 16.7 Å². The lowest BCUT2D eigenvalue weighted by atomic mass is 9.89. The zero-order valence-electron chi connectivity index (χ0n) is 26.3. The van der Waals surface area contributed by atoms with Gasteiger partial charge < -0.3 is 13.8 Å². The Labute approximate surface area is 273 Å². The third kappa shape index (κ3) is 6.59. The molecule has 238 valence electrons. The highest BCUT2D eigenvalue weighted by Gasteiger charge is 2.29. The maximum absolute atomic E-state index is 14.5. The van der Waals surface area contributed by atoms with E-state index in [1.165, 1.54) is 6.26 Å². The van der Waals surface area contributed by atoms with Gasteiger partial charge in [-0.25, -0.2) is 18.1 Å². The summed E-state index contributed by atoms with van der Waals surface area (Å²) in [7, 11) is -4.10.